The zero-order valence-electron chi connectivity index (χ0n) is 14.3. The molecule has 0 aliphatic rings. The maximum atomic E-state index is 12.3. The third-order valence-electron chi connectivity index (χ3n) is 4.67. The van der Waals surface area contributed by atoms with E-state index in [1.54, 1.807) is 6.07 Å². The maximum absolute atomic E-state index is 12.3. The molecular weight excluding hydrogens is 279 g/mol. The van der Waals surface area contributed by atoms with Gasteiger partial charge in [-0.05, 0) is 31.2 Å². The molecule has 0 saturated carbocycles. The normalized spacial score (nSPS) is 15.5. The predicted octanol–water partition coefficient (Wildman–Crippen LogP) is 4.77. The molecule has 2 unspecified atom stereocenters. The summed E-state index contributed by atoms with van der Waals surface area (Å²) in [7, 11) is 0. The monoisotopic (exact) mass is 310 g/mol. The topological polar surface area (TPSA) is 45.8 Å². The minimum absolute atomic E-state index is 0.0453. The van der Waals surface area contributed by atoms with E-state index in [9.17, 15) is 9.18 Å². The molecular formula is C18H31FN2O. The molecule has 0 aliphatic heterocycles. The van der Waals surface area contributed by atoms with Gasteiger partial charge in [0.1, 0.15) is 0 Å². The molecule has 22 heavy (non-hydrogen) atoms. The summed E-state index contributed by atoms with van der Waals surface area (Å²) in [4.78, 5) is 11.3. The van der Waals surface area contributed by atoms with Crippen LogP contribution in [-0.2, 0) is 5.41 Å². The van der Waals surface area contributed by atoms with Crippen molar-refractivity contribution in [3.63, 3.8) is 0 Å². The largest absolute Gasteiger partial charge is 0.268 e. The number of unbranched alkanes of at least 4 members (excludes halogenated alkanes) is 2. The van der Waals surface area contributed by atoms with E-state index in [-0.39, 0.29) is 17.6 Å². The molecule has 1 aromatic heterocycles. The van der Waals surface area contributed by atoms with Crippen LogP contribution in [0, 0.1) is 5.92 Å². The molecule has 1 heterocycles. The van der Waals surface area contributed by atoms with Crippen LogP contribution in [0.2, 0.25) is 0 Å². The highest BCUT2D eigenvalue weighted by atomic mass is 19.1. The summed E-state index contributed by atoms with van der Waals surface area (Å²) >= 11 is 0. The van der Waals surface area contributed by atoms with E-state index < -0.39 is 0 Å². The van der Waals surface area contributed by atoms with Crippen LogP contribution >= 0.6 is 0 Å². The third kappa shape index (κ3) is 5.90. The average molecular weight is 310 g/mol. The second-order valence-electron chi connectivity index (χ2n) is 6.63. The first kappa shape index (κ1) is 18.9. The van der Waals surface area contributed by atoms with Crippen molar-refractivity contribution >= 4 is 0 Å². The lowest BCUT2D eigenvalue weighted by atomic mass is 9.73. The van der Waals surface area contributed by atoms with Gasteiger partial charge in [0.15, 0.2) is 0 Å². The molecule has 0 aromatic carbocycles. The molecule has 0 aliphatic carbocycles. The van der Waals surface area contributed by atoms with Gasteiger partial charge in [-0.3, -0.25) is 9.18 Å². The van der Waals surface area contributed by atoms with Gasteiger partial charge in [0.2, 0.25) is 0 Å². The first-order valence-electron chi connectivity index (χ1n) is 8.68. The Morgan fingerprint density at radius 3 is 2.59 bits per heavy atom. The van der Waals surface area contributed by atoms with Crippen molar-refractivity contribution in [3.8, 4) is 0 Å². The Hall–Kier alpha value is -1.19. The van der Waals surface area contributed by atoms with Crippen LogP contribution < -0.4 is 5.56 Å². The summed E-state index contributed by atoms with van der Waals surface area (Å²) in [5, 5.41) is 6.85. The Morgan fingerprint density at radius 1 is 1.27 bits per heavy atom. The van der Waals surface area contributed by atoms with Crippen LogP contribution in [0.25, 0.3) is 0 Å². The number of halogens is 1. The van der Waals surface area contributed by atoms with Gasteiger partial charge in [-0.1, -0.05) is 52.9 Å². The van der Waals surface area contributed by atoms with E-state index in [4.69, 9.17) is 0 Å². The van der Waals surface area contributed by atoms with E-state index >= 15 is 0 Å². The highest BCUT2D eigenvalue weighted by molar-refractivity contribution is 5.14. The standard InChI is InChI=1S/C18H31FN2O/c1-4-9-15(5-2)14-18(3,12-7-6-8-13-19)16-10-11-17(22)21-20-16/h10-11,15H,4-9,12-14H2,1-3H3,(H,21,22). The summed E-state index contributed by atoms with van der Waals surface area (Å²) in [5.41, 5.74) is 0.752. The minimum atomic E-state index is -0.235. The lowest BCUT2D eigenvalue weighted by molar-refractivity contribution is 0.280. The van der Waals surface area contributed by atoms with Crippen molar-refractivity contribution in [2.75, 3.05) is 6.67 Å². The molecule has 0 radical (unpaired) electrons. The fourth-order valence-corrected chi connectivity index (χ4v) is 3.30. The predicted molar refractivity (Wildman–Crippen MR) is 90.0 cm³/mol. The molecule has 0 spiro atoms. The number of alkyl halides is 1. The lowest BCUT2D eigenvalue weighted by Crippen LogP contribution is -2.28. The number of rotatable bonds is 11. The van der Waals surface area contributed by atoms with Gasteiger partial charge in [-0.2, -0.15) is 5.10 Å². The van der Waals surface area contributed by atoms with Gasteiger partial charge in [-0.15, -0.1) is 0 Å². The molecule has 1 N–H and O–H groups in total. The Labute approximate surface area is 133 Å². The van der Waals surface area contributed by atoms with Gasteiger partial charge in [0, 0.05) is 11.5 Å². The van der Waals surface area contributed by atoms with E-state index in [0.717, 1.165) is 37.8 Å². The molecule has 0 fully saturated rings. The number of H-pyrrole nitrogens is 1. The van der Waals surface area contributed by atoms with Crippen LogP contribution in [0.15, 0.2) is 16.9 Å². The molecule has 126 valence electrons. The highest BCUT2D eigenvalue weighted by Crippen LogP contribution is 2.37. The number of aromatic nitrogens is 2. The van der Waals surface area contributed by atoms with Gasteiger partial charge < -0.3 is 0 Å². The molecule has 3 nitrogen and oxygen atoms in total. The number of nitrogens with one attached hydrogen (secondary N) is 1. The third-order valence-corrected chi connectivity index (χ3v) is 4.67. The first-order chi connectivity index (χ1) is 10.6. The first-order valence-corrected chi connectivity index (χ1v) is 8.68. The average Bonchev–Trinajstić information content (AvgIpc) is 2.52. The Bertz CT molecular complexity index is 454. The number of hydrogen-bond donors (Lipinski definition) is 1. The summed E-state index contributed by atoms with van der Waals surface area (Å²) in [6.45, 7) is 6.46. The smallest absolute Gasteiger partial charge is 0.264 e. The SMILES string of the molecule is CCCC(CC)CC(C)(CCCCCF)c1ccc(=O)[nH]n1. The summed E-state index contributed by atoms with van der Waals surface area (Å²) < 4.78 is 12.3. The van der Waals surface area contributed by atoms with Gasteiger partial charge in [0.05, 0.1) is 12.4 Å². The van der Waals surface area contributed by atoms with Crippen LogP contribution in [-0.4, -0.2) is 16.9 Å². The summed E-state index contributed by atoms with van der Waals surface area (Å²) in [5.74, 6) is 0.671. The zero-order chi connectivity index (χ0) is 16.4. The summed E-state index contributed by atoms with van der Waals surface area (Å²) in [6, 6.07) is 3.41. The van der Waals surface area contributed by atoms with E-state index in [2.05, 4.69) is 31.0 Å². The molecule has 0 bridgehead atoms. The molecule has 0 amide bonds. The quantitative estimate of drug-likeness (QED) is 0.598. The number of aromatic amines is 1. The van der Waals surface area contributed by atoms with Crippen LogP contribution in [0.3, 0.4) is 0 Å². The Morgan fingerprint density at radius 2 is 2.05 bits per heavy atom. The fourth-order valence-electron chi connectivity index (χ4n) is 3.30. The molecule has 4 heteroatoms. The minimum Gasteiger partial charge on any atom is -0.268 e. The van der Waals surface area contributed by atoms with Crippen LogP contribution in [0.4, 0.5) is 4.39 Å². The second-order valence-corrected chi connectivity index (χ2v) is 6.63. The number of hydrogen-bond acceptors (Lipinski definition) is 2. The van der Waals surface area contributed by atoms with Crippen LogP contribution in [0.1, 0.15) is 77.8 Å². The molecule has 1 rings (SSSR count). The van der Waals surface area contributed by atoms with E-state index in [1.807, 2.05) is 6.07 Å². The maximum Gasteiger partial charge on any atom is 0.264 e. The van der Waals surface area contributed by atoms with E-state index in [1.165, 1.54) is 12.8 Å². The Balaban J connectivity index is 2.87. The Kier molecular flexibility index (Phi) is 8.36. The van der Waals surface area contributed by atoms with Crippen LogP contribution in [0.5, 0.6) is 0 Å². The van der Waals surface area contributed by atoms with Gasteiger partial charge in [0.25, 0.3) is 5.56 Å². The molecule has 2 atom stereocenters. The van der Waals surface area contributed by atoms with Crippen molar-refractivity contribution in [3.05, 3.63) is 28.2 Å². The van der Waals surface area contributed by atoms with Gasteiger partial charge in [-0.25, -0.2) is 5.10 Å². The number of nitrogens with zero attached hydrogens (tertiary/aromatic N) is 1. The van der Waals surface area contributed by atoms with Crippen molar-refractivity contribution < 1.29 is 4.39 Å². The molecule has 1 aromatic rings. The van der Waals surface area contributed by atoms with Crippen molar-refractivity contribution in [1.82, 2.24) is 10.2 Å². The summed E-state index contributed by atoms with van der Waals surface area (Å²) in [6.07, 6.45) is 8.20. The second kappa shape index (κ2) is 9.75. The van der Waals surface area contributed by atoms with Crippen molar-refractivity contribution in [2.45, 2.75) is 77.6 Å². The zero-order valence-corrected chi connectivity index (χ0v) is 14.3. The fraction of sp³-hybridized carbons (Fsp3) is 0.778. The van der Waals surface area contributed by atoms with Crippen molar-refractivity contribution in [2.24, 2.45) is 5.92 Å². The van der Waals surface area contributed by atoms with E-state index in [0.29, 0.717) is 12.3 Å². The lowest BCUT2D eigenvalue weighted by Gasteiger charge is -2.32. The highest BCUT2D eigenvalue weighted by Gasteiger charge is 2.30. The van der Waals surface area contributed by atoms with Crippen molar-refractivity contribution in [1.29, 1.82) is 0 Å². The van der Waals surface area contributed by atoms with Gasteiger partial charge >= 0.3 is 0 Å². The molecule has 0 saturated heterocycles.